The fourth-order valence-electron chi connectivity index (χ4n) is 1.74. The summed E-state index contributed by atoms with van der Waals surface area (Å²) in [6.07, 6.45) is 1.58. The van der Waals surface area contributed by atoms with Crippen LogP contribution in [0, 0.1) is 11.6 Å². The van der Waals surface area contributed by atoms with Crippen LogP contribution >= 0.6 is 31.9 Å². The third kappa shape index (κ3) is 4.48. The van der Waals surface area contributed by atoms with Gasteiger partial charge in [0.15, 0.2) is 0 Å². The maximum absolute atomic E-state index is 13.1. The molecule has 2 rings (SSSR count). The van der Waals surface area contributed by atoms with E-state index in [-0.39, 0.29) is 4.90 Å². The summed E-state index contributed by atoms with van der Waals surface area (Å²) < 4.78 is 28.3. The molecular weight excluding hydrogens is 472 g/mol. The standard InChI is InChI=1S/C16H16Br2N2O2SSi/c1-24(2,3)12-11-20(15-14(17)9-10-19-16(15)18)23(21,22)13-7-5-4-6-8-13/h4-10H,1-3H3. The molecule has 0 saturated heterocycles. The molecule has 0 bridgehead atoms. The maximum atomic E-state index is 13.1. The molecule has 0 unspecified atom stereocenters. The Balaban J connectivity index is 2.71. The fraction of sp³-hybridized carbons (Fsp3) is 0.188. The summed E-state index contributed by atoms with van der Waals surface area (Å²) in [5.74, 6) is 0. The highest BCUT2D eigenvalue weighted by Crippen LogP contribution is 2.35. The first-order chi connectivity index (χ1) is 11.1. The van der Waals surface area contributed by atoms with Crippen molar-refractivity contribution < 1.29 is 8.42 Å². The van der Waals surface area contributed by atoms with Gasteiger partial charge in [-0.05, 0) is 50.1 Å². The molecule has 0 atom stereocenters. The van der Waals surface area contributed by atoms with Crippen molar-refractivity contribution in [3.05, 3.63) is 51.7 Å². The molecule has 24 heavy (non-hydrogen) atoms. The Kier molecular flexibility index (Phi) is 5.91. The minimum absolute atomic E-state index is 0.178. The van der Waals surface area contributed by atoms with Crippen LogP contribution in [0.3, 0.4) is 0 Å². The zero-order chi connectivity index (χ0) is 18.0. The Labute approximate surface area is 160 Å². The molecule has 2 aromatic rings. The van der Waals surface area contributed by atoms with Crippen molar-refractivity contribution in [3.8, 4) is 11.6 Å². The fourth-order valence-corrected chi connectivity index (χ4v) is 5.06. The number of aromatic nitrogens is 1. The van der Waals surface area contributed by atoms with Crippen molar-refractivity contribution in [3.63, 3.8) is 0 Å². The summed E-state index contributed by atoms with van der Waals surface area (Å²) in [7, 11) is -5.63. The number of rotatable bonds is 3. The molecule has 1 heterocycles. The van der Waals surface area contributed by atoms with Gasteiger partial charge < -0.3 is 0 Å². The van der Waals surface area contributed by atoms with Gasteiger partial charge in [-0.1, -0.05) is 37.8 Å². The van der Waals surface area contributed by atoms with E-state index in [2.05, 4.69) is 68.1 Å². The summed E-state index contributed by atoms with van der Waals surface area (Å²) >= 11 is 6.73. The minimum Gasteiger partial charge on any atom is -0.247 e. The molecule has 126 valence electrons. The van der Waals surface area contributed by atoms with E-state index in [9.17, 15) is 8.42 Å². The maximum Gasteiger partial charge on any atom is 0.275 e. The monoisotopic (exact) mass is 486 g/mol. The van der Waals surface area contributed by atoms with Crippen molar-refractivity contribution in [2.24, 2.45) is 0 Å². The van der Waals surface area contributed by atoms with Crippen LogP contribution in [-0.4, -0.2) is 21.5 Å². The van der Waals surface area contributed by atoms with Crippen molar-refractivity contribution in [1.82, 2.24) is 4.98 Å². The Bertz CT molecular complexity index is 881. The van der Waals surface area contributed by atoms with Crippen LogP contribution in [0.15, 0.2) is 56.6 Å². The van der Waals surface area contributed by atoms with Gasteiger partial charge in [0.25, 0.3) is 10.0 Å². The molecular formula is C16H16Br2N2O2SSi. The molecule has 0 saturated carbocycles. The van der Waals surface area contributed by atoms with Crippen LogP contribution in [0.25, 0.3) is 0 Å². The lowest BCUT2D eigenvalue weighted by Crippen LogP contribution is -2.29. The second-order valence-corrected chi connectivity index (χ2v) is 14.1. The molecule has 4 nitrogen and oxygen atoms in total. The molecule has 0 amide bonds. The first kappa shape index (κ1) is 19.2. The predicted molar refractivity (Wildman–Crippen MR) is 107 cm³/mol. The molecule has 0 aliphatic rings. The molecule has 8 heteroatoms. The highest BCUT2D eigenvalue weighted by Gasteiger charge is 2.28. The second-order valence-electron chi connectivity index (χ2n) is 6.00. The third-order valence-corrected chi connectivity index (χ3v) is 6.55. The van der Waals surface area contributed by atoms with Gasteiger partial charge in [-0.15, -0.1) is 5.54 Å². The summed E-state index contributed by atoms with van der Waals surface area (Å²) in [6.45, 7) is 6.17. The Hall–Kier alpha value is -1.14. The highest BCUT2D eigenvalue weighted by molar-refractivity contribution is 9.11. The Morgan fingerprint density at radius 2 is 1.71 bits per heavy atom. The van der Waals surface area contributed by atoms with Crippen molar-refractivity contribution >= 4 is 55.6 Å². The molecule has 0 aliphatic heterocycles. The zero-order valence-electron chi connectivity index (χ0n) is 13.4. The zero-order valence-corrected chi connectivity index (χ0v) is 18.4. The molecule has 0 aliphatic carbocycles. The summed E-state index contributed by atoms with van der Waals surface area (Å²) in [5.41, 5.74) is 3.48. The SMILES string of the molecule is C[Si](C)(C)C#CN(c1c(Br)ccnc1Br)S(=O)(=O)c1ccccc1. The lowest BCUT2D eigenvalue weighted by Gasteiger charge is -2.20. The van der Waals surface area contributed by atoms with Gasteiger partial charge in [0.1, 0.15) is 18.4 Å². The number of halogens is 2. The number of sulfonamides is 1. The van der Waals surface area contributed by atoms with Crippen molar-refractivity contribution in [2.45, 2.75) is 24.5 Å². The minimum atomic E-state index is -3.84. The van der Waals surface area contributed by atoms with Crippen LogP contribution in [0.5, 0.6) is 0 Å². The van der Waals surface area contributed by atoms with E-state index in [0.29, 0.717) is 14.8 Å². The van der Waals surface area contributed by atoms with Gasteiger partial charge in [0.05, 0.1) is 4.90 Å². The highest BCUT2D eigenvalue weighted by atomic mass is 79.9. The van der Waals surface area contributed by atoms with E-state index in [0.717, 1.165) is 4.31 Å². The van der Waals surface area contributed by atoms with Crippen LogP contribution in [-0.2, 0) is 10.0 Å². The van der Waals surface area contributed by atoms with E-state index in [4.69, 9.17) is 0 Å². The number of hydrogen-bond acceptors (Lipinski definition) is 3. The molecule has 0 radical (unpaired) electrons. The third-order valence-electron chi connectivity index (χ3n) is 2.85. The van der Waals surface area contributed by atoms with E-state index >= 15 is 0 Å². The van der Waals surface area contributed by atoms with Gasteiger partial charge >= 0.3 is 0 Å². The molecule has 0 fully saturated rings. The average molecular weight is 488 g/mol. The number of anilines is 1. The molecule has 0 spiro atoms. The molecule has 0 N–H and O–H groups in total. The number of benzene rings is 1. The van der Waals surface area contributed by atoms with Crippen LogP contribution < -0.4 is 4.31 Å². The van der Waals surface area contributed by atoms with Crippen molar-refractivity contribution in [2.75, 3.05) is 4.31 Å². The van der Waals surface area contributed by atoms with Gasteiger partial charge in [-0.25, -0.2) is 13.4 Å². The molecule has 1 aromatic carbocycles. The van der Waals surface area contributed by atoms with E-state index in [1.807, 2.05) is 0 Å². The van der Waals surface area contributed by atoms with Crippen LogP contribution in [0.1, 0.15) is 0 Å². The Morgan fingerprint density at radius 1 is 1.08 bits per heavy atom. The van der Waals surface area contributed by atoms with E-state index in [1.54, 1.807) is 42.6 Å². The second kappa shape index (κ2) is 7.40. The average Bonchev–Trinajstić information content (AvgIpc) is 2.49. The van der Waals surface area contributed by atoms with Crippen LogP contribution in [0.2, 0.25) is 19.6 Å². The normalized spacial score (nSPS) is 11.5. The summed E-state index contributed by atoms with van der Waals surface area (Å²) in [6, 6.07) is 12.8. The van der Waals surface area contributed by atoms with E-state index < -0.39 is 18.1 Å². The van der Waals surface area contributed by atoms with Gasteiger partial charge in [0.2, 0.25) is 0 Å². The van der Waals surface area contributed by atoms with Gasteiger partial charge in [-0.2, -0.15) is 4.31 Å². The first-order valence-corrected chi connectivity index (χ1v) is 13.6. The Morgan fingerprint density at radius 3 is 2.25 bits per heavy atom. The quantitative estimate of drug-likeness (QED) is 0.274. The van der Waals surface area contributed by atoms with Gasteiger partial charge in [0, 0.05) is 16.7 Å². The van der Waals surface area contributed by atoms with Crippen molar-refractivity contribution in [1.29, 1.82) is 0 Å². The predicted octanol–water partition coefficient (Wildman–Crippen LogP) is 4.64. The summed E-state index contributed by atoms with van der Waals surface area (Å²) in [4.78, 5) is 4.31. The topological polar surface area (TPSA) is 50.3 Å². The largest absolute Gasteiger partial charge is 0.275 e. The summed E-state index contributed by atoms with van der Waals surface area (Å²) in [5, 5.41) is 0. The van der Waals surface area contributed by atoms with Gasteiger partial charge in [-0.3, -0.25) is 0 Å². The number of nitrogens with zero attached hydrogens (tertiary/aromatic N) is 2. The number of pyridine rings is 1. The lowest BCUT2D eigenvalue weighted by molar-refractivity contribution is 0.596. The van der Waals surface area contributed by atoms with Crippen LogP contribution in [0.4, 0.5) is 5.69 Å². The number of hydrogen-bond donors (Lipinski definition) is 0. The van der Waals surface area contributed by atoms with E-state index in [1.165, 1.54) is 0 Å². The molecule has 1 aromatic heterocycles. The first-order valence-electron chi connectivity index (χ1n) is 7.06. The smallest absolute Gasteiger partial charge is 0.247 e. The lowest BCUT2D eigenvalue weighted by atomic mass is 10.4.